The molecule has 209 valence electrons. The Morgan fingerprint density at radius 3 is 2.24 bits per heavy atom. The fraction of sp³-hybridized carbons (Fsp3) is 0.105. The van der Waals surface area contributed by atoms with E-state index in [1.165, 1.54) is 23.4 Å². The Morgan fingerprint density at radius 2 is 1.48 bits per heavy atom. The summed E-state index contributed by atoms with van der Waals surface area (Å²) >= 11 is 0. The van der Waals surface area contributed by atoms with Crippen molar-refractivity contribution in [2.45, 2.75) is 26.1 Å². The third-order valence-corrected chi connectivity index (χ3v) is 7.31. The van der Waals surface area contributed by atoms with E-state index in [9.17, 15) is 0 Å². The van der Waals surface area contributed by atoms with Crippen molar-refractivity contribution in [3.8, 4) is 22.5 Å². The first-order valence-corrected chi connectivity index (χ1v) is 13.5. The Morgan fingerprint density at radius 1 is 0.667 bits per heavy atom. The van der Waals surface area contributed by atoms with Crippen LogP contribution in [-0.4, -0.2) is 9.97 Å². The second kappa shape index (κ2) is 12.6. The van der Waals surface area contributed by atoms with E-state index in [0.29, 0.717) is 5.69 Å². The summed E-state index contributed by atoms with van der Waals surface area (Å²) in [4.78, 5) is 8.58. The van der Waals surface area contributed by atoms with Gasteiger partial charge < -0.3 is 14.4 Å². The molecule has 4 aromatic carbocycles. The first kappa shape index (κ1) is 25.3. The van der Waals surface area contributed by atoms with Crippen LogP contribution in [0.25, 0.3) is 44.5 Å². The maximum atomic E-state index is 7.66. The molecule has 3 nitrogen and oxygen atoms in total. The normalized spacial score (nSPS) is 12.4. The molecule has 0 N–H and O–H groups in total. The third-order valence-electron chi connectivity index (χ3n) is 7.31. The van der Waals surface area contributed by atoms with Crippen molar-refractivity contribution in [3.05, 3.63) is 156 Å². The van der Waals surface area contributed by atoms with Crippen molar-refractivity contribution in [2.75, 3.05) is 0 Å². The van der Waals surface area contributed by atoms with Gasteiger partial charge in [0.1, 0.15) is 5.58 Å². The van der Waals surface area contributed by atoms with Gasteiger partial charge in [0.25, 0.3) is 0 Å². The van der Waals surface area contributed by atoms with Gasteiger partial charge in [0.15, 0.2) is 0 Å². The van der Waals surface area contributed by atoms with Crippen molar-refractivity contribution in [3.63, 3.8) is 0 Å². The number of hydrogen-bond acceptors (Lipinski definition) is 3. The van der Waals surface area contributed by atoms with E-state index in [1.54, 1.807) is 18.3 Å². The molecule has 0 fully saturated rings. The first-order chi connectivity index (χ1) is 21.2. The van der Waals surface area contributed by atoms with Gasteiger partial charge in [-0.1, -0.05) is 85.5 Å². The van der Waals surface area contributed by atoms with E-state index in [1.807, 2.05) is 54.6 Å². The SMILES string of the molecule is [2H]C([2H])([2H])c1ccnc(-c2[c-]cc3oc4cc(C(C)(C)c5ccccc5)ccc4c3c2)c1.[Ir].[c-]1ccccc1-c1ccccn1. The van der Waals surface area contributed by atoms with Crippen LogP contribution in [0.1, 0.15) is 34.7 Å². The number of furan rings is 1. The van der Waals surface area contributed by atoms with Crippen molar-refractivity contribution in [1.29, 1.82) is 0 Å². The van der Waals surface area contributed by atoms with E-state index >= 15 is 0 Å². The van der Waals surface area contributed by atoms with Crippen LogP contribution in [0, 0.1) is 19.0 Å². The van der Waals surface area contributed by atoms with Gasteiger partial charge in [0.05, 0.1) is 5.58 Å². The zero-order chi connectivity index (χ0) is 30.7. The fourth-order valence-corrected chi connectivity index (χ4v) is 4.93. The Bertz CT molecular complexity index is 1990. The summed E-state index contributed by atoms with van der Waals surface area (Å²) < 4.78 is 29.1. The van der Waals surface area contributed by atoms with E-state index in [0.717, 1.165) is 38.8 Å². The third kappa shape index (κ3) is 6.11. The Hall–Kier alpha value is -4.37. The molecule has 3 aromatic heterocycles. The largest absolute Gasteiger partial charge is 0.500 e. The van der Waals surface area contributed by atoms with E-state index in [-0.39, 0.29) is 31.1 Å². The number of pyridine rings is 2. The molecule has 0 saturated carbocycles. The topological polar surface area (TPSA) is 38.9 Å². The van der Waals surface area contributed by atoms with Crippen LogP contribution in [0.2, 0.25) is 0 Å². The molecule has 0 amide bonds. The van der Waals surface area contributed by atoms with Gasteiger partial charge in [-0.15, -0.1) is 59.7 Å². The van der Waals surface area contributed by atoms with Gasteiger partial charge in [0.2, 0.25) is 0 Å². The monoisotopic (exact) mass is 726 g/mol. The molecule has 0 atom stereocenters. The number of aryl methyl sites for hydroxylation is 1. The van der Waals surface area contributed by atoms with Crippen molar-refractivity contribution < 1.29 is 28.6 Å². The zero-order valence-electron chi connectivity index (χ0n) is 26.3. The molecular weight excluding hydrogens is 693 g/mol. The quantitative estimate of drug-likeness (QED) is 0.170. The number of hydrogen-bond donors (Lipinski definition) is 0. The Balaban J connectivity index is 0.000000258. The smallest absolute Gasteiger partial charge is 0.121 e. The summed E-state index contributed by atoms with van der Waals surface area (Å²) in [5, 5.41) is 1.97. The maximum absolute atomic E-state index is 7.66. The molecule has 0 unspecified atom stereocenters. The Labute approximate surface area is 264 Å². The zero-order valence-corrected chi connectivity index (χ0v) is 25.7. The number of fused-ring (bicyclic) bond motifs is 3. The molecule has 4 heteroatoms. The molecule has 0 spiro atoms. The minimum absolute atomic E-state index is 0. The number of nitrogens with zero attached hydrogens (tertiary/aromatic N) is 2. The summed E-state index contributed by atoms with van der Waals surface area (Å²) in [6.07, 6.45) is 3.32. The average molecular weight is 726 g/mol. The van der Waals surface area contributed by atoms with Crippen molar-refractivity contribution in [1.82, 2.24) is 9.97 Å². The number of benzene rings is 4. The van der Waals surface area contributed by atoms with Crippen molar-refractivity contribution >= 4 is 21.9 Å². The van der Waals surface area contributed by atoms with Crippen LogP contribution in [0.4, 0.5) is 0 Å². The van der Waals surface area contributed by atoms with Gasteiger partial charge in [-0.25, -0.2) is 0 Å². The second-order valence-corrected chi connectivity index (χ2v) is 10.3. The number of rotatable bonds is 4. The van der Waals surface area contributed by atoms with E-state index in [4.69, 9.17) is 8.53 Å². The summed E-state index contributed by atoms with van der Waals surface area (Å²) in [6.45, 7) is 2.25. The molecule has 7 aromatic rings. The molecule has 0 bridgehead atoms. The molecular formula is C38H30IrN2O-2. The predicted octanol–water partition coefficient (Wildman–Crippen LogP) is 9.63. The van der Waals surface area contributed by atoms with Crippen LogP contribution in [0.15, 0.2) is 132 Å². The summed E-state index contributed by atoms with van der Waals surface area (Å²) in [5.74, 6) is 0. The fourth-order valence-electron chi connectivity index (χ4n) is 4.93. The van der Waals surface area contributed by atoms with Crippen LogP contribution >= 0.6 is 0 Å². The second-order valence-electron chi connectivity index (χ2n) is 10.3. The van der Waals surface area contributed by atoms with Gasteiger partial charge in [0, 0.05) is 47.4 Å². The molecule has 0 aliphatic carbocycles. The standard InChI is InChI=1S/C27H22NO.C11H8N.Ir/c1-18-13-14-28-24(15-18)19-9-12-25-23(16-19)22-11-10-21(17-26(22)29-25)27(2,3)20-7-5-4-6-8-20;1-2-6-10(7-3-1)11-8-4-5-9-12-11;/h4-8,10-17H,1-3H3;1-6,8-9H;/q2*-1;/i1D3;;. The molecule has 0 saturated heterocycles. The van der Waals surface area contributed by atoms with E-state index in [2.05, 4.69) is 78.4 Å². The first-order valence-electron chi connectivity index (χ1n) is 15.0. The average Bonchev–Trinajstić information content (AvgIpc) is 3.43. The molecule has 0 aliphatic heterocycles. The van der Waals surface area contributed by atoms with Gasteiger partial charge in [-0.3, -0.25) is 0 Å². The maximum Gasteiger partial charge on any atom is 0.121 e. The summed E-state index contributed by atoms with van der Waals surface area (Å²) in [5.41, 5.74) is 7.40. The molecule has 0 aliphatic rings. The van der Waals surface area contributed by atoms with Crippen LogP contribution in [0.3, 0.4) is 0 Å². The molecule has 7 rings (SSSR count). The van der Waals surface area contributed by atoms with Gasteiger partial charge in [-0.05, 0) is 47.6 Å². The molecule has 3 heterocycles. The molecule has 1 radical (unpaired) electrons. The molecule has 42 heavy (non-hydrogen) atoms. The van der Waals surface area contributed by atoms with Gasteiger partial charge in [-0.2, -0.15) is 0 Å². The van der Waals surface area contributed by atoms with Crippen LogP contribution in [-0.2, 0) is 25.5 Å². The van der Waals surface area contributed by atoms with Crippen LogP contribution in [0.5, 0.6) is 0 Å². The van der Waals surface area contributed by atoms with Gasteiger partial charge >= 0.3 is 0 Å². The van der Waals surface area contributed by atoms with E-state index < -0.39 is 6.85 Å². The minimum atomic E-state index is -2.17. The Kier molecular flexibility index (Phi) is 7.63. The summed E-state index contributed by atoms with van der Waals surface area (Å²) in [7, 11) is 0. The van der Waals surface area contributed by atoms with Crippen molar-refractivity contribution in [2.24, 2.45) is 0 Å². The number of aromatic nitrogens is 2. The predicted molar refractivity (Wildman–Crippen MR) is 168 cm³/mol. The summed E-state index contributed by atoms with van der Waals surface area (Å²) in [6, 6.07) is 43.7. The minimum Gasteiger partial charge on any atom is -0.500 e. The van der Waals surface area contributed by atoms with Crippen LogP contribution < -0.4 is 0 Å².